The van der Waals surface area contributed by atoms with Crippen molar-refractivity contribution in [2.24, 2.45) is 0 Å². The number of hydrogen-bond donors (Lipinski definition) is 1. The molecule has 0 fully saturated rings. The molecule has 0 spiro atoms. The van der Waals surface area contributed by atoms with Crippen LogP contribution < -0.4 is 0 Å². The van der Waals surface area contributed by atoms with Crippen molar-refractivity contribution < 1.29 is 14.6 Å². The fourth-order valence-corrected chi connectivity index (χ4v) is 0.951. The second-order valence-electron chi connectivity index (χ2n) is 2.53. The van der Waals surface area contributed by atoms with Gasteiger partial charge in [-0.3, -0.25) is 0 Å². The van der Waals surface area contributed by atoms with E-state index in [9.17, 15) is 4.79 Å². The van der Waals surface area contributed by atoms with Gasteiger partial charge in [0.05, 0.1) is 0 Å². The van der Waals surface area contributed by atoms with Gasteiger partial charge in [-0.05, 0) is 18.6 Å². The first-order chi connectivity index (χ1) is 7.18. The summed E-state index contributed by atoms with van der Waals surface area (Å²) < 4.78 is 4.43. The van der Waals surface area contributed by atoms with Crippen LogP contribution in [0.2, 0.25) is 0 Å². The lowest BCUT2D eigenvalue weighted by Gasteiger charge is -1.98. The highest BCUT2D eigenvalue weighted by molar-refractivity contribution is 5.61. The Kier molecular flexibility index (Phi) is 6.72. The number of ether oxygens (including phenoxy) is 1. The Balaban J connectivity index is 0.000000921. The summed E-state index contributed by atoms with van der Waals surface area (Å²) in [6.45, 7) is 6.60. The van der Waals surface area contributed by atoms with Crippen LogP contribution in [0, 0.1) is 6.92 Å². The van der Waals surface area contributed by atoms with E-state index in [4.69, 9.17) is 5.11 Å². The first-order valence-corrected chi connectivity index (χ1v) is 4.53. The highest BCUT2D eigenvalue weighted by Crippen LogP contribution is 2.06. The van der Waals surface area contributed by atoms with Crippen LogP contribution in [-0.4, -0.2) is 11.3 Å². The third-order valence-corrected chi connectivity index (χ3v) is 1.42. The molecule has 1 aromatic rings. The van der Waals surface area contributed by atoms with Gasteiger partial charge in [0, 0.05) is 0 Å². The lowest BCUT2D eigenvalue weighted by molar-refractivity contribution is 0.120. The smallest absolute Gasteiger partial charge is 0.449 e. The molecule has 1 radical (unpaired) electrons. The van der Waals surface area contributed by atoms with Crippen LogP contribution in [0.4, 0.5) is 4.79 Å². The number of hydrogen-bond acceptors (Lipinski definition) is 2. The SMILES string of the molecule is CC(=Cc1ccccc1)OC(=O)O.[CH2]C. The van der Waals surface area contributed by atoms with Gasteiger partial charge < -0.3 is 9.84 Å². The van der Waals surface area contributed by atoms with E-state index in [2.05, 4.69) is 11.7 Å². The second-order valence-corrected chi connectivity index (χ2v) is 2.53. The van der Waals surface area contributed by atoms with E-state index in [1.54, 1.807) is 19.9 Å². The summed E-state index contributed by atoms with van der Waals surface area (Å²) in [5, 5.41) is 8.30. The van der Waals surface area contributed by atoms with Gasteiger partial charge in [-0.1, -0.05) is 44.2 Å². The minimum Gasteiger partial charge on any atom is -0.449 e. The molecular formula is C12H15O3. The molecule has 0 bridgehead atoms. The minimum absolute atomic E-state index is 0.360. The van der Waals surface area contributed by atoms with Crippen LogP contribution in [0.1, 0.15) is 19.4 Å². The van der Waals surface area contributed by atoms with Gasteiger partial charge in [0.1, 0.15) is 5.76 Å². The highest BCUT2D eigenvalue weighted by Gasteiger charge is 1.97. The Morgan fingerprint density at radius 1 is 1.33 bits per heavy atom. The van der Waals surface area contributed by atoms with Gasteiger partial charge in [0.25, 0.3) is 0 Å². The normalized spacial score (nSPS) is 9.93. The molecule has 0 aliphatic carbocycles. The zero-order valence-electron chi connectivity index (χ0n) is 8.93. The predicted octanol–water partition coefficient (Wildman–Crippen LogP) is 3.58. The molecule has 0 unspecified atom stereocenters. The summed E-state index contributed by atoms with van der Waals surface area (Å²) in [5.41, 5.74) is 0.918. The third kappa shape index (κ3) is 6.32. The molecule has 0 saturated heterocycles. The van der Waals surface area contributed by atoms with Crippen LogP contribution in [0.15, 0.2) is 36.1 Å². The molecular weight excluding hydrogens is 192 g/mol. The number of carbonyl (C=O) groups is 1. The zero-order valence-corrected chi connectivity index (χ0v) is 8.93. The van der Waals surface area contributed by atoms with E-state index < -0.39 is 6.16 Å². The van der Waals surface area contributed by atoms with E-state index in [0.29, 0.717) is 5.76 Å². The van der Waals surface area contributed by atoms with Crippen LogP contribution >= 0.6 is 0 Å². The quantitative estimate of drug-likeness (QED) is 0.595. The summed E-state index contributed by atoms with van der Waals surface area (Å²) in [6, 6.07) is 9.38. The molecule has 0 amide bonds. The maximum Gasteiger partial charge on any atom is 0.511 e. The van der Waals surface area contributed by atoms with E-state index in [-0.39, 0.29) is 0 Å². The standard InChI is InChI=1S/C10H10O3.C2H5/c1-8(13-10(11)12)7-9-5-3-2-4-6-9;1-2/h2-7H,1H3,(H,11,12);1H2,2H3. The van der Waals surface area contributed by atoms with Crippen molar-refractivity contribution in [3.05, 3.63) is 48.6 Å². The Morgan fingerprint density at radius 3 is 2.33 bits per heavy atom. The lowest BCUT2D eigenvalue weighted by Crippen LogP contribution is -1.96. The van der Waals surface area contributed by atoms with Gasteiger partial charge in [0.2, 0.25) is 0 Å². The molecule has 0 aromatic heterocycles. The largest absolute Gasteiger partial charge is 0.511 e. The zero-order chi connectivity index (χ0) is 11.7. The van der Waals surface area contributed by atoms with Crippen molar-refractivity contribution in [2.45, 2.75) is 13.8 Å². The highest BCUT2D eigenvalue weighted by atomic mass is 16.7. The molecule has 1 N–H and O–H groups in total. The summed E-state index contributed by atoms with van der Waals surface area (Å²) in [6.07, 6.45) is 0.374. The van der Waals surface area contributed by atoms with Gasteiger partial charge >= 0.3 is 6.16 Å². The van der Waals surface area contributed by atoms with Crippen molar-refractivity contribution in [3.8, 4) is 0 Å². The lowest BCUT2D eigenvalue weighted by atomic mass is 10.2. The maximum atomic E-state index is 10.1. The van der Waals surface area contributed by atoms with E-state index in [1.165, 1.54) is 0 Å². The average Bonchev–Trinajstić information content (AvgIpc) is 2.21. The van der Waals surface area contributed by atoms with Crippen LogP contribution in [-0.2, 0) is 4.74 Å². The van der Waals surface area contributed by atoms with Crippen molar-refractivity contribution >= 4 is 12.2 Å². The molecule has 1 rings (SSSR count). The van der Waals surface area contributed by atoms with Crippen molar-refractivity contribution in [2.75, 3.05) is 0 Å². The summed E-state index contributed by atoms with van der Waals surface area (Å²) in [5.74, 6) is 0.360. The molecule has 3 heteroatoms. The number of carboxylic acid groups (broad SMARTS) is 1. The van der Waals surface area contributed by atoms with Crippen LogP contribution in [0.3, 0.4) is 0 Å². The molecule has 0 saturated carbocycles. The molecule has 15 heavy (non-hydrogen) atoms. The maximum absolute atomic E-state index is 10.1. The Labute approximate surface area is 90.0 Å². The summed E-state index contributed by atoms with van der Waals surface area (Å²) in [4.78, 5) is 10.1. The molecule has 0 aliphatic heterocycles. The molecule has 1 aromatic carbocycles. The number of allylic oxidation sites excluding steroid dienone is 1. The Morgan fingerprint density at radius 2 is 1.87 bits per heavy atom. The predicted molar refractivity (Wildman–Crippen MR) is 60.2 cm³/mol. The van der Waals surface area contributed by atoms with Crippen molar-refractivity contribution in [3.63, 3.8) is 0 Å². The third-order valence-electron chi connectivity index (χ3n) is 1.42. The summed E-state index contributed by atoms with van der Waals surface area (Å²) >= 11 is 0. The van der Waals surface area contributed by atoms with Gasteiger partial charge in [-0.25, -0.2) is 4.79 Å². The first kappa shape index (κ1) is 13.2. The van der Waals surface area contributed by atoms with Crippen LogP contribution in [0.25, 0.3) is 6.08 Å². The molecule has 3 nitrogen and oxygen atoms in total. The average molecular weight is 207 g/mol. The van der Waals surface area contributed by atoms with E-state index >= 15 is 0 Å². The van der Waals surface area contributed by atoms with Crippen molar-refractivity contribution in [1.29, 1.82) is 0 Å². The summed E-state index contributed by atoms with van der Waals surface area (Å²) in [7, 11) is 0. The molecule has 0 heterocycles. The topological polar surface area (TPSA) is 46.5 Å². The second kappa shape index (κ2) is 7.62. The van der Waals surface area contributed by atoms with E-state index in [1.807, 2.05) is 30.3 Å². The fourth-order valence-electron chi connectivity index (χ4n) is 0.951. The molecule has 0 aliphatic rings. The van der Waals surface area contributed by atoms with E-state index in [0.717, 1.165) is 5.56 Å². The monoisotopic (exact) mass is 207 g/mol. The minimum atomic E-state index is -1.29. The van der Waals surface area contributed by atoms with Gasteiger partial charge in [0.15, 0.2) is 0 Å². The fraction of sp³-hybridized carbons (Fsp3) is 0.167. The first-order valence-electron chi connectivity index (χ1n) is 4.53. The van der Waals surface area contributed by atoms with Gasteiger partial charge in [-0.15, -0.1) is 0 Å². The number of benzene rings is 1. The van der Waals surface area contributed by atoms with Crippen LogP contribution in [0.5, 0.6) is 0 Å². The Hall–Kier alpha value is -1.77. The number of rotatable bonds is 2. The van der Waals surface area contributed by atoms with Crippen molar-refractivity contribution in [1.82, 2.24) is 0 Å². The Bertz CT molecular complexity index is 315. The molecule has 0 atom stereocenters. The van der Waals surface area contributed by atoms with Gasteiger partial charge in [-0.2, -0.15) is 0 Å². The molecule has 81 valence electrons.